The Kier molecular flexibility index (Phi) is 4.40. The van der Waals surface area contributed by atoms with Crippen LogP contribution in [0.15, 0.2) is 0 Å². The summed E-state index contributed by atoms with van der Waals surface area (Å²) in [6, 6.07) is 0. The molecular formula is C8H14ClNO2. The first kappa shape index (κ1) is 9.81. The van der Waals surface area contributed by atoms with E-state index in [9.17, 15) is 4.79 Å². The van der Waals surface area contributed by atoms with Crippen LogP contribution in [-0.2, 0) is 9.53 Å². The van der Waals surface area contributed by atoms with Gasteiger partial charge in [-0.2, -0.15) is 0 Å². The van der Waals surface area contributed by atoms with Crippen LogP contribution in [0.25, 0.3) is 0 Å². The Morgan fingerprint density at radius 3 is 3.08 bits per heavy atom. The summed E-state index contributed by atoms with van der Waals surface area (Å²) in [5.74, 6) is 0.514. The molecule has 0 aromatic heterocycles. The number of carbonyl (C=O) groups excluding carboxylic acids is 1. The van der Waals surface area contributed by atoms with E-state index in [1.54, 1.807) is 0 Å². The third-order valence-electron chi connectivity index (χ3n) is 1.85. The lowest BCUT2D eigenvalue weighted by atomic mass is 10.2. The summed E-state index contributed by atoms with van der Waals surface area (Å²) in [4.78, 5) is 11.1. The molecule has 70 valence electrons. The van der Waals surface area contributed by atoms with Crippen molar-refractivity contribution in [2.75, 3.05) is 19.0 Å². The Bertz CT molecular complexity index is 146. The van der Waals surface area contributed by atoms with Crippen LogP contribution >= 0.6 is 11.6 Å². The summed E-state index contributed by atoms with van der Waals surface area (Å²) in [6.07, 6.45) is 2.71. The minimum atomic E-state index is 0.0440. The van der Waals surface area contributed by atoms with Crippen LogP contribution in [0.1, 0.15) is 19.3 Å². The molecule has 0 aromatic carbocycles. The van der Waals surface area contributed by atoms with Crippen LogP contribution in [0.3, 0.4) is 0 Å². The molecule has 0 spiro atoms. The van der Waals surface area contributed by atoms with Gasteiger partial charge in [0.25, 0.3) is 0 Å². The van der Waals surface area contributed by atoms with Crippen molar-refractivity contribution in [3.05, 3.63) is 0 Å². The SMILES string of the molecule is O=C(CC1CCCO1)NCCCl. The average Bonchev–Trinajstić information content (AvgIpc) is 2.53. The summed E-state index contributed by atoms with van der Waals surface area (Å²) in [5.41, 5.74) is 0. The van der Waals surface area contributed by atoms with Gasteiger partial charge < -0.3 is 10.1 Å². The number of amides is 1. The summed E-state index contributed by atoms with van der Waals surface area (Å²) in [7, 11) is 0. The Balaban J connectivity index is 2.08. The molecule has 3 nitrogen and oxygen atoms in total. The van der Waals surface area contributed by atoms with Gasteiger partial charge in [-0.05, 0) is 12.8 Å². The molecule has 1 N–H and O–H groups in total. The van der Waals surface area contributed by atoms with Gasteiger partial charge in [-0.25, -0.2) is 0 Å². The van der Waals surface area contributed by atoms with Crippen LogP contribution < -0.4 is 5.32 Å². The summed E-state index contributed by atoms with van der Waals surface area (Å²) in [6.45, 7) is 1.35. The van der Waals surface area contributed by atoms with Crippen LogP contribution in [0.2, 0.25) is 0 Å². The van der Waals surface area contributed by atoms with Crippen molar-refractivity contribution in [3.63, 3.8) is 0 Å². The molecule has 0 bridgehead atoms. The zero-order valence-electron chi connectivity index (χ0n) is 7.01. The third-order valence-corrected chi connectivity index (χ3v) is 2.04. The third kappa shape index (κ3) is 3.41. The Hall–Kier alpha value is -0.280. The van der Waals surface area contributed by atoms with E-state index in [0.29, 0.717) is 18.8 Å². The lowest BCUT2D eigenvalue weighted by Gasteiger charge is -2.08. The van der Waals surface area contributed by atoms with E-state index in [-0.39, 0.29) is 12.0 Å². The highest BCUT2D eigenvalue weighted by atomic mass is 35.5. The molecule has 12 heavy (non-hydrogen) atoms. The van der Waals surface area contributed by atoms with E-state index in [0.717, 1.165) is 19.4 Å². The Morgan fingerprint density at radius 2 is 2.50 bits per heavy atom. The minimum Gasteiger partial charge on any atom is -0.378 e. The van der Waals surface area contributed by atoms with E-state index >= 15 is 0 Å². The highest BCUT2D eigenvalue weighted by Crippen LogP contribution is 2.14. The van der Waals surface area contributed by atoms with Crippen LogP contribution in [0.5, 0.6) is 0 Å². The molecule has 0 radical (unpaired) electrons. The van der Waals surface area contributed by atoms with Gasteiger partial charge in [-0.3, -0.25) is 4.79 Å². The number of alkyl halides is 1. The number of halogens is 1. The molecule has 1 atom stereocenters. The maximum atomic E-state index is 11.1. The van der Waals surface area contributed by atoms with Crippen molar-refractivity contribution in [2.45, 2.75) is 25.4 Å². The number of rotatable bonds is 4. The lowest BCUT2D eigenvalue weighted by Crippen LogP contribution is -2.28. The fraction of sp³-hybridized carbons (Fsp3) is 0.875. The van der Waals surface area contributed by atoms with Gasteiger partial charge in [0.15, 0.2) is 0 Å². The van der Waals surface area contributed by atoms with Crippen molar-refractivity contribution in [2.24, 2.45) is 0 Å². The number of carbonyl (C=O) groups is 1. The van der Waals surface area contributed by atoms with Crippen LogP contribution in [-0.4, -0.2) is 31.0 Å². The molecule has 0 aromatic rings. The van der Waals surface area contributed by atoms with E-state index in [1.165, 1.54) is 0 Å². The highest BCUT2D eigenvalue weighted by molar-refractivity contribution is 6.18. The quantitative estimate of drug-likeness (QED) is 0.671. The smallest absolute Gasteiger partial charge is 0.222 e. The maximum Gasteiger partial charge on any atom is 0.222 e. The van der Waals surface area contributed by atoms with Gasteiger partial charge in [0, 0.05) is 19.0 Å². The molecule has 1 fully saturated rings. The zero-order chi connectivity index (χ0) is 8.81. The van der Waals surface area contributed by atoms with Gasteiger partial charge in [0.2, 0.25) is 5.91 Å². The second-order valence-electron chi connectivity index (χ2n) is 2.88. The topological polar surface area (TPSA) is 38.3 Å². The van der Waals surface area contributed by atoms with Gasteiger partial charge in [-0.1, -0.05) is 0 Å². The van der Waals surface area contributed by atoms with Crippen LogP contribution in [0.4, 0.5) is 0 Å². The normalized spacial score (nSPS) is 22.6. The van der Waals surface area contributed by atoms with Crippen LogP contribution in [0, 0.1) is 0 Å². The minimum absolute atomic E-state index is 0.0440. The first-order valence-corrected chi connectivity index (χ1v) is 4.80. The van der Waals surface area contributed by atoms with Gasteiger partial charge >= 0.3 is 0 Å². The van der Waals surface area contributed by atoms with E-state index in [4.69, 9.17) is 16.3 Å². The predicted octanol–water partition coefficient (Wildman–Crippen LogP) is 0.910. The molecular weight excluding hydrogens is 178 g/mol. The first-order valence-electron chi connectivity index (χ1n) is 4.27. The van der Waals surface area contributed by atoms with Gasteiger partial charge in [0.1, 0.15) is 0 Å². The number of nitrogens with one attached hydrogen (secondary N) is 1. The summed E-state index contributed by atoms with van der Waals surface area (Å²) >= 11 is 5.42. The molecule has 1 aliphatic heterocycles. The predicted molar refractivity (Wildman–Crippen MR) is 47.3 cm³/mol. The standard InChI is InChI=1S/C8H14ClNO2/c9-3-4-10-8(11)6-7-2-1-5-12-7/h7H,1-6H2,(H,10,11). The maximum absolute atomic E-state index is 11.1. The molecule has 1 unspecified atom stereocenters. The number of ether oxygens (including phenoxy) is 1. The second kappa shape index (κ2) is 5.38. The Labute approximate surface area is 77.4 Å². The van der Waals surface area contributed by atoms with Crippen molar-refractivity contribution in [3.8, 4) is 0 Å². The summed E-state index contributed by atoms with van der Waals surface area (Å²) < 4.78 is 5.31. The van der Waals surface area contributed by atoms with E-state index in [2.05, 4.69) is 5.32 Å². The first-order chi connectivity index (χ1) is 5.83. The highest BCUT2D eigenvalue weighted by Gasteiger charge is 2.18. The van der Waals surface area contributed by atoms with Crippen molar-refractivity contribution >= 4 is 17.5 Å². The molecule has 0 aliphatic carbocycles. The lowest BCUT2D eigenvalue weighted by molar-refractivity contribution is -0.123. The van der Waals surface area contributed by atoms with Gasteiger partial charge in [-0.15, -0.1) is 11.6 Å². The molecule has 1 aliphatic rings. The molecule has 1 heterocycles. The summed E-state index contributed by atoms with van der Waals surface area (Å²) in [5, 5.41) is 2.71. The number of hydrogen-bond acceptors (Lipinski definition) is 2. The van der Waals surface area contributed by atoms with E-state index < -0.39 is 0 Å². The monoisotopic (exact) mass is 191 g/mol. The average molecular weight is 192 g/mol. The van der Waals surface area contributed by atoms with Gasteiger partial charge in [0.05, 0.1) is 12.5 Å². The molecule has 4 heteroatoms. The Morgan fingerprint density at radius 1 is 1.67 bits per heavy atom. The second-order valence-corrected chi connectivity index (χ2v) is 3.26. The van der Waals surface area contributed by atoms with Crippen molar-refractivity contribution in [1.82, 2.24) is 5.32 Å². The molecule has 1 saturated heterocycles. The number of hydrogen-bond donors (Lipinski definition) is 1. The molecule has 0 saturated carbocycles. The molecule has 1 amide bonds. The molecule has 1 rings (SSSR count). The zero-order valence-corrected chi connectivity index (χ0v) is 7.77. The fourth-order valence-corrected chi connectivity index (χ4v) is 1.37. The van der Waals surface area contributed by atoms with Crippen molar-refractivity contribution < 1.29 is 9.53 Å². The van der Waals surface area contributed by atoms with Crippen molar-refractivity contribution in [1.29, 1.82) is 0 Å². The van der Waals surface area contributed by atoms with E-state index in [1.807, 2.05) is 0 Å². The largest absolute Gasteiger partial charge is 0.378 e. The fourth-order valence-electron chi connectivity index (χ4n) is 1.27.